The van der Waals surface area contributed by atoms with Crippen molar-refractivity contribution in [3.8, 4) is 0 Å². The molecule has 2 heterocycles. The summed E-state index contributed by atoms with van der Waals surface area (Å²) >= 11 is 0. The minimum Gasteiger partial charge on any atom is -0.396 e. The molecule has 24 heavy (non-hydrogen) atoms. The molecule has 3 rings (SSSR count). The van der Waals surface area contributed by atoms with Crippen molar-refractivity contribution in [1.29, 1.82) is 0 Å². The molecule has 5 nitrogen and oxygen atoms in total. The number of likely N-dealkylation sites (tertiary alicyclic amines) is 2. The summed E-state index contributed by atoms with van der Waals surface area (Å²) in [5, 5.41) is 9.29. The number of nitrogens with zero attached hydrogens (tertiary/aromatic N) is 2. The van der Waals surface area contributed by atoms with Gasteiger partial charge in [0.15, 0.2) is 0 Å². The highest BCUT2D eigenvalue weighted by molar-refractivity contribution is 5.89. The summed E-state index contributed by atoms with van der Waals surface area (Å²) in [5.74, 6) is 0.391. The fraction of sp³-hybridized carbons (Fsp3) is 0.579. The van der Waals surface area contributed by atoms with Gasteiger partial charge < -0.3 is 14.9 Å². The van der Waals surface area contributed by atoms with E-state index in [2.05, 4.69) is 0 Å². The molecule has 5 heteroatoms. The molecule has 0 radical (unpaired) electrons. The van der Waals surface area contributed by atoms with Gasteiger partial charge in [-0.1, -0.05) is 30.3 Å². The van der Waals surface area contributed by atoms with Gasteiger partial charge in [0.1, 0.15) is 6.04 Å². The van der Waals surface area contributed by atoms with E-state index < -0.39 is 6.04 Å². The average Bonchev–Trinajstić information content (AvgIpc) is 2.64. The second-order valence-corrected chi connectivity index (χ2v) is 6.81. The van der Waals surface area contributed by atoms with E-state index in [1.807, 2.05) is 35.2 Å². The van der Waals surface area contributed by atoms with Crippen LogP contribution in [0.4, 0.5) is 0 Å². The third-order valence-corrected chi connectivity index (χ3v) is 5.21. The molecular formula is C19H26N2O3. The molecule has 1 atom stereocenters. The molecule has 0 aromatic heterocycles. The minimum atomic E-state index is -0.510. The van der Waals surface area contributed by atoms with Gasteiger partial charge in [0.05, 0.1) is 0 Å². The van der Waals surface area contributed by atoms with Crippen LogP contribution in [-0.4, -0.2) is 53.0 Å². The van der Waals surface area contributed by atoms with Crippen LogP contribution in [-0.2, 0) is 9.59 Å². The zero-order valence-electron chi connectivity index (χ0n) is 14.1. The predicted octanol–water partition coefficient (Wildman–Crippen LogP) is 1.97. The average molecular weight is 330 g/mol. The molecule has 2 amide bonds. The number of aliphatic hydroxyl groups excluding tert-OH is 1. The van der Waals surface area contributed by atoms with Crippen LogP contribution in [0.1, 0.15) is 43.7 Å². The lowest BCUT2D eigenvalue weighted by Gasteiger charge is -2.39. The third-order valence-electron chi connectivity index (χ3n) is 5.21. The first-order chi connectivity index (χ1) is 11.7. The van der Waals surface area contributed by atoms with E-state index >= 15 is 0 Å². The van der Waals surface area contributed by atoms with Crippen molar-refractivity contribution in [2.45, 2.75) is 38.1 Å². The Morgan fingerprint density at radius 1 is 1.12 bits per heavy atom. The largest absolute Gasteiger partial charge is 0.396 e. The molecule has 1 aromatic carbocycles. The number of hydrogen-bond donors (Lipinski definition) is 1. The van der Waals surface area contributed by atoms with E-state index in [1.54, 1.807) is 4.90 Å². The highest BCUT2D eigenvalue weighted by Gasteiger charge is 2.36. The van der Waals surface area contributed by atoms with Gasteiger partial charge in [-0.15, -0.1) is 0 Å². The molecule has 130 valence electrons. The van der Waals surface area contributed by atoms with Crippen LogP contribution < -0.4 is 0 Å². The lowest BCUT2D eigenvalue weighted by molar-refractivity contribution is -0.148. The second-order valence-electron chi connectivity index (χ2n) is 6.81. The van der Waals surface area contributed by atoms with Crippen LogP contribution in [0.3, 0.4) is 0 Å². The Kier molecular flexibility index (Phi) is 5.51. The lowest BCUT2D eigenvalue weighted by atomic mass is 9.95. The molecule has 0 aliphatic carbocycles. The fourth-order valence-electron chi connectivity index (χ4n) is 3.70. The Morgan fingerprint density at radius 3 is 2.46 bits per heavy atom. The molecule has 1 aromatic rings. The number of rotatable bonds is 4. The highest BCUT2D eigenvalue weighted by Crippen LogP contribution is 2.29. The van der Waals surface area contributed by atoms with E-state index in [4.69, 9.17) is 0 Å². The Bertz CT molecular complexity index is 567. The molecule has 0 bridgehead atoms. The van der Waals surface area contributed by atoms with Crippen LogP contribution in [0.5, 0.6) is 0 Å². The van der Waals surface area contributed by atoms with Crippen molar-refractivity contribution in [2.75, 3.05) is 26.2 Å². The first kappa shape index (κ1) is 17.0. The first-order valence-electron chi connectivity index (χ1n) is 8.94. The smallest absolute Gasteiger partial charge is 0.250 e. The summed E-state index contributed by atoms with van der Waals surface area (Å²) in [6, 6.07) is 9.13. The summed E-state index contributed by atoms with van der Waals surface area (Å²) < 4.78 is 0. The number of aliphatic hydroxyl groups is 1. The summed E-state index contributed by atoms with van der Waals surface area (Å²) in [4.78, 5) is 29.3. The Morgan fingerprint density at radius 2 is 1.83 bits per heavy atom. The van der Waals surface area contributed by atoms with E-state index in [0.717, 1.165) is 31.2 Å². The maximum atomic E-state index is 13.2. The van der Waals surface area contributed by atoms with Gasteiger partial charge in [-0.25, -0.2) is 0 Å². The highest BCUT2D eigenvalue weighted by atomic mass is 16.3. The molecule has 2 aliphatic rings. The topological polar surface area (TPSA) is 60.9 Å². The van der Waals surface area contributed by atoms with Gasteiger partial charge in [0.2, 0.25) is 11.8 Å². The molecule has 2 aliphatic heterocycles. The number of carbonyl (C=O) groups is 2. The summed E-state index contributed by atoms with van der Waals surface area (Å²) in [6.45, 7) is 2.16. The Labute approximate surface area is 143 Å². The van der Waals surface area contributed by atoms with Crippen molar-refractivity contribution >= 4 is 11.8 Å². The third kappa shape index (κ3) is 3.61. The Balaban J connectivity index is 1.82. The van der Waals surface area contributed by atoms with Crippen LogP contribution in [0, 0.1) is 5.92 Å². The molecular weight excluding hydrogens is 304 g/mol. The normalized spacial score (nSPS) is 21.0. The number of carbonyl (C=O) groups excluding carboxylic acids is 2. The van der Waals surface area contributed by atoms with Crippen LogP contribution in [0.15, 0.2) is 30.3 Å². The van der Waals surface area contributed by atoms with Gasteiger partial charge in [-0.3, -0.25) is 9.59 Å². The van der Waals surface area contributed by atoms with Crippen molar-refractivity contribution in [2.24, 2.45) is 5.92 Å². The second kappa shape index (κ2) is 7.79. The molecule has 0 saturated carbocycles. The molecule has 1 unspecified atom stereocenters. The van der Waals surface area contributed by atoms with Gasteiger partial charge in [-0.2, -0.15) is 0 Å². The molecule has 2 fully saturated rings. The van der Waals surface area contributed by atoms with E-state index in [1.165, 1.54) is 0 Å². The molecule has 1 N–H and O–H groups in total. The standard InChI is InChI=1S/C19H26N2O3/c22-14-15-9-12-20(13-10-15)19(24)18(16-6-2-1-3-7-16)21-11-5-4-8-17(21)23/h1-3,6-7,15,18,22H,4-5,8-14H2. The molecule has 2 saturated heterocycles. The van der Waals surface area contributed by atoms with E-state index in [0.29, 0.717) is 32.0 Å². The van der Waals surface area contributed by atoms with E-state index in [9.17, 15) is 14.7 Å². The summed E-state index contributed by atoms with van der Waals surface area (Å²) in [6.07, 6.45) is 4.06. The maximum Gasteiger partial charge on any atom is 0.250 e. The zero-order valence-corrected chi connectivity index (χ0v) is 14.1. The number of hydrogen-bond acceptors (Lipinski definition) is 3. The summed E-state index contributed by atoms with van der Waals surface area (Å²) in [7, 11) is 0. The van der Waals surface area contributed by atoms with Crippen molar-refractivity contribution in [3.63, 3.8) is 0 Å². The lowest BCUT2D eigenvalue weighted by Crippen LogP contribution is -2.49. The zero-order chi connectivity index (χ0) is 16.9. The number of amides is 2. The SMILES string of the molecule is O=C(C(c1ccccc1)N1CCCCC1=O)N1CCC(CO)CC1. The summed E-state index contributed by atoms with van der Waals surface area (Å²) in [5.41, 5.74) is 0.891. The Hall–Kier alpha value is -1.88. The first-order valence-corrected chi connectivity index (χ1v) is 8.94. The van der Waals surface area contributed by atoms with Gasteiger partial charge in [0.25, 0.3) is 0 Å². The van der Waals surface area contributed by atoms with Gasteiger partial charge in [-0.05, 0) is 37.2 Å². The minimum absolute atomic E-state index is 0.0211. The predicted molar refractivity (Wildman–Crippen MR) is 91.1 cm³/mol. The van der Waals surface area contributed by atoms with Crippen molar-refractivity contribution < 1.29 is 14.7 Å². The maximum absolute atomic E-state index is 13.2. The van der Waals surface area contributed by atoms with Crippen molar-refractivity contribution in [3.05, 3.63) is 35.9 Å². The fourth-order valence-corrected chi connectivity index (χ4v) is 3.70. The van der Waals surface area contributed by atoms with Crippen LogP contribution >= 0.6 is 0 Å². The monoisotopic (exact) mass is 330 g/mol. The van der Waals surface area contributed by atoms with Crippen LogP contribution in [0.2, 0.25) is 0 Å². The van der Waals surface area contributed by atoms with Gasteiger partial charge >= 0.3 is 0 Å². The number of benzene rings is 1. The van der Waals surface area contributed by atoms with Gasteiger partial charge in [0, 0.05) is 32.7 Å². The van der Waals surface area contributed by atoms with Crippen LogP contribution in [0.25, 0.3) is 0 Å². The van der Waals surface area contributed by atoms with E-state index in [-0.39, 0.29) is 18.4 Å². The van der Waals surface area contributed by atoms with Crippen molar-refractivity contribution in [1.82, 2.24) is 9.80 Å². The number of piperidine rings is 2. The quantitative estimate of drug-likeness (QED) is 0.918. The molecule has 0 spiro atoms.